The third-order valence-corrected chi connectivity index (χ3v) is 6.14. The molecule has 1 aliphatic carbocycles. The molecule has 0 aromatic heterocycles. The van der Waals surface area contributed by atoms with Crippen molar-refractivity contribution in [3.63, 3.8) is 0 Å². The van der Waals surface area contributed by atoms with Gasteiger partial charge >= 0.3 is 6.09 Å². The first-order valence-electron chi connectivity index (χ1n) is 11.4. The second-order valence-electron chi connectivity index (χ2n) is 9.31. The van der Waals surface area contributed by atoms with Crippen LogP contribution in [0.5, 0.6) is 11.5 Å². The van der Waals surface area contributed by atoms with Gasteiger partial charge in [0.2, 0.25) is 5.88 Å². The van der Waals surface area contributed by atoms with Crippen LogP contribution in [0.25, 0.3) is 0 Å². The number of amides is 1. The van der Waals surface area contributed by atoms with Gasteiger partial charge in [-0.05, 0) is 30.0 Å². The number of nitrogens with zero attached hydrogens (tertiary/aromatic N) is 2. The van der Waals surface area contributed by atoms with Crippen LogP contribution < -0.4 is 15.2 Å². The molecule has 9 nitrogen and oxygen atoms in total. The molecule has 0 spiro atoms. The smallest absolute Gasteiger partial charge is 0.415 e. The highest BCUT2D eigenvalue weighted by atomic mass is 16.6. The molecule has 0 radical (unpaired) electrons. The van der Waals surface area contributed by atoms with Gasteiger partial charge in [0.25, 0.3) is 0 Å². The lowest BCUT2D eigenvalue weighted by molar-refractivity contribution is -0.119. The Morgan fingerprint density at radius 1 is 1.26 bits per heavy atom. The van der Waals surface area contributed by atoms with Gasteiger partial charge in [0, 0.05) is 31.5 Å². The topological polar surface area (TPSA) is 124 Å². The first kappa shape index (κ1) is 23.6. The largest absolute Gasteiger partial charge is 0.490 e. The summed E-state index contributed by atoms with van der Waals surface area (Å²) in [6, 6.07) is 7.16. The maximum absolute atomic E-state index is 13.2. The number of hydrogen-bond acceptors (Lipinski definition) is 8. The number of nitrogens with two attached hydrogens (primary N) is 1. The summed E-state index contributed by atoms with van der Waals surface area (Å²) in [7, 11) is 0. The normalized spacial score (nSPS) is 22.0. The molecule has 1 aromatic rings. The van der Waals surface area contributed by atoms with E-state index < -0.39 is 12.0 Å². The number of ether oxygens (including phenoxy) is 4. The predicted octanol–water partition coefficient (Wildman–Crippen LogP) is 3.37. The third-order valence-electron chi connectivity index (χ3n) is 6.14. The number of allylic oxidation sites excluding steroid dienone is 3. The summed E-state index contributed by atoms with van der Waals surface area (Å²) in [6.07, 6.45) is 0.398. The van der Waals surface area contributed by atoms with Crippen LogP contribution in [0.3, 0.4) is 0 Å². The number of nitriles is 1. The number of morpholine rings is 1. The lowest BCUT2D eigenvalue weighted by Gasteiger charge is -2.37. The highest BCUT2D eigenvalue weighted by molar-refractivity contribution is 6.00. The van der Waals surface area contributed by atoms with E-state index in [1.54, 1.807) is 23.1 Å². The van der Waals surface area contributed by atoms with Gasteiger partial charge < -0.3 is 29.6 Å². The minimum Gasteiger partial charge on any atom is -0.490 e. The molecule has 9 heteroatoms. The fraction of sp³-hybridized carbons (Fsp3) is 0.480. The van der Waals surface area contributed by atoms with Crippen molar-refractivity contribution < 1.29 is 28.5 Å². The van der Waals surface area contributed by atoms with Gasteiger partial charge in [0.05, 0.1) is 25.7 Å². The molecule has 1 fully saturated rings. The minimum atomic E-state index is -0.680. The van der Waals surface area contributed by atoms with Crippen LogP contribution in [-0.4, -0.2) is 49.7 Å². The van der Waals surface area contributed by atoms with Gasteiger partial charge in [-0.1, -0.05) is 19.9 Å². The number of rotatable bonds is 4. The summed E-state index contributed by atoms with van der Waals surface area (Å²) in [5.41, 5.74) is 7.10. The van der Waals surface area contributed by atoms with E-state index in [0.29, 0.717) is 68.4 Å². The van der Waals surface area contributed by atoms with Crippen LogP contribution in [0.2, 0.25) is 0 Å². The second kappa shape index (κ2) is 9.39. The molecule has 0 saturated carbocycles. The van der Waals surface area contributed by atoms with Gasteiger partial charge in [-0.15, -0.1) is 0 Å². The number of carbonyl (C=O) groups excluding carboxylic acids is 2. The van der Waals surface area contributed by atoms with Crippen molar-refractivity contribution >= 4 is 11.9 Å². The average Bonchev–Trinajstić information content (AvgIpc) is 2.79. The number of carbonyl (C=O) groups is 2. The standard InChI is InChI=1S/C25H29N3O6/c1-4-32-19-11-15(5-6-18(19)34-24(30)28-7-9-31-10-8-28)21-16(14-26)23(27)33-20-13-25(2,3)12-17(29)22(20)21/h5-6,11,21H,4,7-10,12-13,27H2,1-3H3. The number of Topliss-reactive ketones (excluding diaryl/α,β-unsaturated/α-hetero) is 1. The molecule has 1 saturated heterocycles. The Hall–Kier alpha value is -3.51. The van der Waals surface area contributed by atoms with Crippen LogP contribution in [0.15, 0.2) is 41.0 Å². The molecule has 2 aliphatic heterocycles. The molecule has 3 aliphatic rings. The number of hydrogen-bond donors (Lipinski definition) is 1. The van der Waals surface area contributed by atoms with E-state index in [1.165, 1.54) is 0 Å². The Bertz CT molecular complexity index is 1110. The molecule has 1 amide bonds. The lowest BCUT2D eigenvalue weighted by atomic mass is 9.70. The molecule has 1 unspecified atom stereocenters. The van der Waals surface area contributed by atoms with Crippen molar-refractivity contribution in [1.29, 1.82) is 5.26 Å². The van der Waals surface area contributed by atoms with Crippen LogP contribution >= 0.6 is 0 Å². The van der Waals surface area contributed by atoms with Crippen LogP contribution in [0.1, 0.15) is 45.1 Å². The van der Waals surface area contributed by atoms with E-state index >= 15 is 0 Å². The number of benzene rings is 1. The van der Waals surface area contributed by atoms with Gasteiger partial charge in [-0.25, -0.2) is 4.79 Å². The van der Waals surface area contributed by atoms with E-state index in [1.807, 2.05) is 20.8 Å². The SMILES string of the molecule is CCOc1cc(C2C(C#N)=C(N)OC3=C2C(=O)CC(C)(C)C3)ccc1OC(=O)N1CCOCC1. The molecule has 1 aromatic carbocycles. The van der Waals surface area contributed by atoms with Crippen molar-refractivity contribution in [3.05, 3.63) is 46.6 Å². The summed E-state index contributed by atoms with van der Waals surface area (Å²) in [5, 5.41) is 9.84. The predicted molar refractivity (Wildman–Crippen MR) is 122 cm³/mol. The Labute approximate surface area is 198 Å². The van der Waals surface area contributed by atoms with Crippen molar-refractivity contribution in [2.75, 3.05) is 32.9 Å². The van der Waals surface area contributed by atoms with Crippen molar-refractivity contribution in [3.8, 4) is 17.6 Å². The zero-order chi connectivity index (χ0) is 24.5. The van der Waals surface area contributed by atoms with Crippen molar-refractivity contribution in [2.45, 2.75) is 39.5 Å². The van der Waals surface area contributed by atoms with Gasteiger partial charge in [-0.2, -0.15) is 5.26 Å². The Morgan fingerprint density at radius 2 is 2.00 bits per heavy atom. The molecular weight excluding hydrogens is 438 g/mol. The Kier molecular flexibility index (Phi) is 6.53. The van der Waals surface area contributed by atoms with Crippen LogP contribution in [-0.2, 0) is 14.3 Å². The first-order valence-corrected chi connectivity index (χ1v) is 11.4. The fourth-order valence-electron chi connectivity index (χ4n) is 4.58. The molecule has 180 valence electrons. The maximum Gasteiger partial charge on any atom is 0.415 e. The zero-order valence-electron chi connectivity index (χ0n) is 19.7. The number of ketones is 1. The average molecular weight is 468 g/mol. The third kappa shape index (κ3) is 4.59. The van der Waals surface area contributed by atoms with E-state index in [0.717, 1.165) is 0 Å². The molecule has 4 rings (SSSR count). The lowest BCUT2D eigenvalue weighted by Crippen LogP contribution is -2.42. The maximum atomic E-state index is 13.2. The Morgan fingerprint density at radius 3 is 2.68 bits per heavy atom. The summed E-state index contributed by atoms with van der Waals surface area (Å²) < 4.78 is 22.4. The van der Waals surface area contributed by atoms with Crippen LogP contribution in [0, 0.1) is 16.7 Å². The van der Waals surface area contributed by atoms with E-state index in [-0.39, 0.29) is 28.4 Å². The van der Waals surface area contributed by atoms with Crippen molar-refractivity contribution in [1.82, 2.24) is 4.90 Å². The first-order chi connectivity index (χ1) is 16.2. The summed E-state index contributed by atoms with van der Waals surface area (Å²) in [5.74, 6) is 0.350. The molecule has 1 atom stereocenters. The van der Waals surface area contributed by atoms with Gasteiger partial charge in [0.15, 0.2) is 17.3 Å². The van der Waals surface area contributed by atoms with E-state index in [2.05, 4.69) is 6.07 Å². The van der Waals surface area contributed by atoms with Gasteiger partial charge in [-0.3, -0.25) is 4.79 Å². The highest BCUT2D eigenvalue weighted by Gasteiger charge is 2.43. The molecule has 2 N–H and O–H groups in total. The minimum absolute atomic E-state index is 0.00229. The molecular formula is C25H29N3O6. The van der Waals surface area contributed by atoms with E-state index in [4.69, 9.17) is 24.7 Å². The molecule has 34 heavy (non-hydrogen) atoms. The fourth-order valence-corrected chi connectivity index (χ4v) is 4.58. The van der Waals surface area contributed by atoms with Crippen LogP contribution in [0.4, 0.5) is 4.79 Å². The summed E-state index contributed by atoms with van der Waals surface area (Å²) in [6.45, 7) is 7.98. The highest BCUT2D eigenvalue weighted by Crippen LogP contribution is 2.48. The monoisotopic (exact) mass is 467 g/mol. The van der Waals surface area contributed by atoms with E-state index in [9.17, 15) is 14.9 Å². The second-order valence-corrected chi connectivity index (χ2v) is 9.31. The molecule has 0 bridgehead atoms. The van der Waals surface area contributed by atoms with Gasteiger partial charge in [0.1, 0.15) is 17.4 Å². The summed E-state index contributed by atoms with van der Waals surface area (Å²) >= 11 is 0. The Balaban J connectivity index is 1.71. The summed E-state index contributed by atoms with van der Waals surface area (Å²) in [4.78, 5) is 27.3. The van der Waals surface area contributed by atoms with Crippen molar-refractivity contribution in [2.24, 2.45) is 11.1 Å². The molecule has 2 heterocycles. The quantitative estimate of drug-likeness (QED) is 0.715. The zero-order valence-corrected chi connectivity index (χ0v) is 19.7.